The zero-order valence-corrected chi connectivity index (χ0v) is 12.5. The molecule has 0 aliphatic heterocycles. The summed E-state index contributed by atoms with van der Waals surface area (Å²) in [7, 11) is 0. The van der Waals surface area contributed by atoms with Gasteiger partial charge in [-0.15, -0.1) is 5.10 Å². The molecule has 0 aliphatic rings. The molecule has 0 aliphatic carbocycles. The largest absolute Gasteiger partial charge is 0.508 e. The number of halogens is 1. The summed E-state index contributed by atoms with van der Waals surface area (Å²) < 4.78 is 2.51. The number of nitrogens with zero attached hydrogens (tertiary/aromatic N) is 4. The highest BCUT2D eigenvalue weighted by atomic mass is 79.9. The van der Waals surface area contributed by atoms with Crippen molar-refractivity contribution in [2.45, 2.75) is 6.54 Å². The first kappa shape index (κ1) is 13.6. The van der Waals surface area contributed by atoms with Gasteiger partial charge < -0.3 is 10.4 Å². The van der Waals surface area contributed by atoms with Crippen molar-refractivity contribution in [1.82, 2.24) is 20.2 Å². The van der Waals surface area contributed by atoms with E-state index in [0.29, 0.717) is 6.54 Å². The van der Waals surface area contributed by atoms with Gasteiger partial charge in [-0.05, 0) is 40.8 Å². The van der Waals surface area contributed by atoms with Crippen LogP contribution in [0.2, 0.25) is 0 Å². The molecule has 0 spiro atoms. The van der Waals surface area contributed by atoms with Crippen molar-refractivity contribution in [3.8, 4) is 11.4 Å². The molecule has 0 unspecified atom stereocenters. The Hall–Kier alpha value is -2.41. The third-order valence-corrected chi connectivity index (χ3v) is 3.50. The Bertz CT molecular complexity index is 745. The van der Waals surface area contributed by atoms with E-state index < -0.39 is 0 Å². The SMILES string of the molecule is Oc1ccc(Br)cc1CNc1ccccc1-n1cnnn1. The second kappa shape index (κ2) is 5.92. The monoisotopic (exact) mass is 345 g/mol. The molecule has 6 nitrogen and oxygen atoms in total. The predicted molar refractivity (Wildman–Crippen MR) is 82.3 cm³/mol. The molecule has 0 atom stereocenters. The van der Waals surface area contributed by atoms with Crippen molar-refractivity contribution in [3.63, 3.8) is 0 Å². The van der Waals surface area contributed by atoms with Gasteiger partial charge in [0.25, 0.3) is 0 Å². The van der Waals surface area contributed by atoms with Crippen molar-refractivity contribution in [2.75, 3.05) is 5.32 Å². The fourth-order valence-electron chi connectivity index (χ4n) is 1.98. The van der Waals surface area contributed by atoms with Crippen LogP contribution in [0.3, 0.4) is 0 Å². The number of anilines is 1. The third kappa shape index (κ3) is 3.03. The van der Waals surface area contributed by atoms with E-state index in [2.05, 4.69) is 36.8 Å². The number of aromatic hydroxyl groups is 1. The van der Waals surface area contributed by atoms with Gasteiger partial charge in [0.05, 0.1) is 11.4 Å². The molecule has 0 fully saturated rings. The number of rotatable bonds is 4. The van der Waals surface area contributed by atoms with Crippen molar-refractivity contribution in [3.05, 3.63) is 58.8 Å². The predicted octanol–water partition coefficient (Wildman–Crippen LogP) is 2.74. The average Bonchev–Trinajstić information content (AvgIpc) is 3.03. The van der Waals surface area contributed by atoms with Crippen molar-refractivity contribution in [2.24, 2.45) is 0 Å². The summed E-state index contributed by atoms with van der Waals surface area (Å²) in [4.78, 5) is 0. The lowest BCUT2D eigenvalue weighted by Crippen LogP contribution is -2.05. The summed E-state index contributed by atoms with van der Waals surface area (Å²) in [6.45, 7) is 0.490. The van der Waals surface area contributed by atoms with Gasteiger partial charge >= 0.3 is 0 Å². The number of tetrazole rings is 1. The fourth-order valence-corrected chi connectivity index (χ4v) is 2.39. The highest BCUT2D eigenvalue weighted by Gasteiger charge is 2.07. The summed E-state index contributed by atoms with van der Waals surface area (Å²) in [5.74, 6) is 0.255. The molecule has 0 bridgehead atoms. The number of phenolic OH excluding ortho intramolecular Hbond substituents is 1. The third-order valence-electron chi connectivity index (χ3n) is 3.01. The van der Waals surface area contributed by atoms with Crippen LogP contribution in [0.1, 0.15) is 5.56 Å². The van der Waals surface area contributed by atoms with Crippen molar-refractivity contribution >= 4 is 21.6 Å². The van der Waals surface area contributed by atoms with Gasteiger partial charge in [0.2, 0.25) is 0 Å². The van der Waals surface area contributed by atoms with Crippen LogP contribution in [0.4, 0.5) is 5.69 Å². The molecule has 1 heterocycles. The Morgan fingerprint density at radius 2 is 2.05 bits per heavy atom. The molecule has 0 amide bonds. The van der Waals surface area contributed by atoms with E-state index in [1.54, 1.807) is 16.8 Å². The summed E-state index contributed by atoms with van der Waals surface area (Å²) >= 11 is 3.40. The van der Waals surface area contributed by atoms with Crippen LogP contribution in [0.25, 0.3) is 5.69 Å². The van der Waals surface area contributed by atoms with Crippen LogP contribution < -0.4 is 5.32 Å². The second-order valence-electron chi connectivity index (χ2n) is 4.40. The van der Waals surface area contributed by atoms with E-state index in [-0.39, 0.29) is 5.75 Å². The van der Waals surface area contributed by atoms with E-state index in [0.717, 1.165) is 21.4 Å². The zero-order valence-electron chi connectivity index (χ0n) is 10.9. The summed E-state index contributed by atoms with van der Waals surface area (Å²) in [5.41, 5.74) is 2.53. The van der Waals surface area contributed by atoms with E-state index in [1.165, 1.54) is 6.33 Å². The molecule has 0 radical (unpaired) electrons. The first-order chi connectivity index (χ1) is 10.2. The van der Waals surface area contributed by atoms with Crippen molar-refractivity contribution in [1.29, 1.82) is 0 Å². The van der Waals surface area contributed by atoms with E-state index in [1.807, 2.05) is 30.3 Å². The molecule has 106 valence electrons. The maximum atomic E-state index is 9.87. The lowest BCUT2D eigenvalue weighted by molar-refractivity contribution is 0.469. The Labute approximate surface area is 129 Å². The maximum Gasteiger partial charge on any atom is 0.143 e. The lowest BCUT2D eigenvalue weighted by atomic mass is 10.2. The molecule has 3 rings (SSSR count). The molecule has 21 heavy (non-hydrogen) atoms. The van der Waals surface area contributed by atoms with Gasteiger partial charge in [-0.2, -0.15) is 4.68 Å². The van der Waals surface area contributed by atoms with Gasteiger partial charge in [0, 0.05) is 16.6 Å². The van der Waals surface area contributed by atoms with Crippen molar-refractivity contribution < 1.29 is 5.11 Å². The number of hydrogen-bond acceptors (Lipinski definition) is 5. The summed E-state index contributed by atoms with van der Waals surface area (Å²) in [5, 5.41) is 24.3. The Kier molecular flexibility index (Phi) is 3.83. The van der Waals surface area contributed by atoms with E-state index in [4.69, 9.17) is 0 Å². The maximum absolute atomic E-state index is 9.87. The zero-order chi connectivity index (χ0) is 14.7. The normalized spacial score (nSPS) is 10.5. The first-order valence-corrected chi connectivity index (χ1v) is 7.07. The topological polar surface area (TPSA) is 75.9 Å². The summed E-state index contributed by atoms with van der Waals surface area (Å²) in [6.07, 6.45) is 1.54. The number of phenols is 1. The Morgan fingerprint density at radius 3 is 2.86 bits per heavy atom. The molecule has 0 saturated carbocycles. The van der Waals surface area contributed by atoms with Crippen LogP contribution >= 0.6 is 15.9 Å². The number of benzene rings is 2. The van der Waals surface area contributed by atoms with Gasteiger partial charge in [-0.1, -0.05) is 28.1 Å². The standard InChI is InChI=1S/C14H12BrN5O/c15-11-5-6-14(21)10(7-11)8-16-12-3-1-2-4-13(12)20-9-17-18-19-20/h1-7,9,16,21H,8H2. The average molecular weight is 346 g/mol. The van der Waals surface area contributed by atoms with Gasteiger partial charge in [-0.25, -0.2) is 0 Å². The number of aromatic nitrogens is 4. The first-order valence-electron chi connectivity index (χ1n) is 6.28. The smallest absolute Gasteiger partial charge is 0.143 e. The highest BCUT2D eigenvalue weighted by molar-refractivity contribution is 9.10. The van der Waals surface area contributed by atoms with E-state index in [9.17, 15) is 5.11 Å². The van der Waals surface area contributed by atoms with E-state index >= 15 is 0 Å². The molecular weight excluding hydrogens is 334 g/mol. The highest BCUT2D eigenvalue weighted by Crippen LogP contribution is 2.24. The molecular formula is C14H12BrN5O. The van der Waals surface area contributed by atoms with Gasteiger partial charge in [-0.3, -0.25) is 0 Å². The lowest BCUT2D eigenvalue weighted by Gasteiger charge is -2.12. The molecule has 0 saturated heterocycles. The minimum atomic E-state index is 0.255. The number of hydrogen-bond donors (Lipinski definition) is 2. The number of nitrogens with one attached hydrogen (secondary N) is 1. The number of para-hydroxylation sites is 2. The van der Waals surface area contributed by atoms with Gasteiger partial charge in [0.1, 0.15) is 12.1 Å². The van der Waals surface area contributed by atoms with Crippen LogP contribution in [-0.2, 0) is 6.54 Å². The van der Waals surface area contributed by atoms with Gasteiger partial charge in [0.15, 0.2) is 0 Å². The van der Waals surface area contributed by atoms with Crippen LogP contribution in [0.15, 0.2) is 53.3 Å². The molecule has 7 heteroatoms. The minimum absolute atomic E-state index is 0.255. The Morgan fingerprint density at radius 1 is 1.19 bits per heavy atom. The molecule has 2 N–H and O–H groups in total. The Balaban J connectivity index is 1.84. The fraction of sp³-hybridized carbons (Fsp3) is 0.0714. The summed E-state index contributed by atoms with van der Waals surface area (Å²) in [6, 6.07) is 13.0. The molecule has 2 aromatic carbocycles. The minimum Gasteiger partial charge on any atom is -0.508 e. The quantitative estimate of drug-likeness (QED) is 0.760. The molecule has 3 aromatic rings. The van der Waals surface area contributed by atoms with Crippen LogP contribution in [0.5, 0.6) is 5.75 Å². The van der Waals surface area contributed by atoms with Crippen LogP contribution in [-0.4, -0.2) is 25.3 Å². The molecule has 1 aromatic heterocycles. The second-order valence-corrected chi connectivity index (χ2v) is 5.31. The van der Waals surface area contributed by atoms with Crippen LogP contribution in [0, 0.1) is 0 Å².